The van der Waals surface area contributed by atoms with Crippen LogP contribution in [0.1, 0.15) is 28.2 Å². The highest BCUT2D eigenvalue weighted by molar-refractivity contribution is 6.31. The highest BCUT2D eigenvalue weighted by atomic mass is 35.5. The van der Waals surface area contributed by atoms with E-state index < -0.39 is 0 Å². The van der Waals surface area contributed by atoms with Crippen LogP contribution in [0.5, 0.6) is 5.75 Å². The topological polar surface area (TPSA) is 64.8 Å². The number of benzene rings is 2. The third-order valence-corrected chi connectivity index (χ3v) is 5.36. The van der Waals surface area contributed by atoms with Crippen molar-refractivity contribution in [2.45, 2.75) is 25.9 Å². The molecule has 0 spiro atoms. The Labute approximate surface area is 165 Å². The molecule has 1 heterocycles. The van der Waals surface area contributed by atoms with Gasteiger partial charge in [-0.1, -0.05) is 41.9 Å². The molecule has 1 aliphatic rings. The minimum absolute atomic E-state index is 0.180. The van der Waals surface area contributed by atoms with Crippen LogP contribution >= 0.6 is 11.6 Å². The molecule has 1 amide bonds. The van der Waals surface area contributed by atoms with E-state index in [2.05, 4.69) is 0 Å². The Hall–Kier alpha value is -2.24. The number of hydrogen-bond donors (Lipinski definition) is 1. The van der Waals surface area contributed by atoms with Gasteiger partial charge in [0.2, 0.25) is 0 Å². The lowest BCUT2D eigenvalue weighted by molar-refractivity contribution is 0.0658. The second kappa shape index (κ2) is 8.63. The van der Waals surface area contributed by atoms with Gasteiger partial charge in [-0.25, -0.2) is 4.79 Å². The van der Waals surface area contributed by atoms with E-state index in [0.29, 0.717) is 31.1 Å². The van der Waals surface area contributed by atoms with Gasteiger partial charge in [0.1, 0.15) is 12.4 Å². The number of likely N-dealkylation sites (tertiary alicyclic amines) is 1. The first-order valence-corrected chi connectivity index (χ1v) is 9.44. The SMILES string of the molecule is COc1c(CCN)cc(Cl)c(C)c1C1CN(C(=O)OCc2ccccc2)C1. The molecule has 0 bridgehead atoms. The number of amides is 1. The number of hydrogen-bond acceptors (Lipinski definition) is 4. The van der Waals surface area contributed by atoms with Crippen molar-refractivity contribution in [3.8, 4) is 5.75 Å². The molecule has 0 aromatic heterocycles. The first-order valence-electron chi connectivity index (χ1n) is 9.06. The lowest BCUT2D eigenvalue weighted by Crippen LogP contribution is -2.49. The molecule has 27 heavy (non-hydrogen) atoms. The molecular formula is C21H25ClN2O3. The molecule has 0 atom stereocenters. The van der Waals surface area contributed by atoms with Crippen LogP contribution in [-0.2, 0) is 17.8 Å². The second-order valence-corrected chi connectivity index (χ2v) is 7.18. The van der Waals surface area contributed by atoms with Crippen LogP contribution in [0.15, 0.2) is 36.4 Å². The Morgan fingerprint density at radius 3 is 2.63 bits per heavy atom. The van der Waals surface area contributed by atoms with E-state index in [9.17, 15) is 4.79 Å². The Balaban J connectivity index is 1.67. The summed E-state index contributed by atoms with van der Waals surface area (Å²) >= 11 is 6.42. The largest absolute Gasteiger partial charge is 0.496 e. The first-order chi connectivity index (χ1) is 13.0. The van der Waals surface area contributed by atoms with E-state index in [4.69, 9.17) is 26.8 Å². The molecule has 2 aromatic carbocycles. The number of methoxy groups -OCH3 is 1. The fraction of sp³-hybridized carbons (Fsp3) is 0.381. The van der Waals surface area contributed by atoms with Gasteiger partial charge in [-0.15, -0.1) is 0 Å². The van der Waals surface area contributed by atoms with Crippen LogP contribution < -0.4 is 10.5 Å². The fourth-order valence-electron chi connectivity index (χ4n) is 3.49. The number of halogens is 1. The van der Waals surface area contributed by atoms with E-state index in [0.717, 1.165) is 28.0 Å². The lowest BCUT2D eigenvalue weighted by atomic mass is 9.86. The van der Waals surface area contributed by atoms with Crippen LogP contribution in [0.3, 0.4) is 0 Å². The molecule has 0 aliphatic carbocycles. The van der Waals surface area contributed by atoms with Crippen molar-refractivity contribution in [2.75, 3.05) is 26.7 Å². The van der Waals surface area contributed by atoms with Gasteiger partial charge in [0.15, 0.2) is 0 Å². The summed E-state index contributed by atoms with van der Waals surface area (Å²) in [7, 11) is 1.66. The van der Waals surface area contributed by atoms with Gasteiger partial charge in [0.05, 0.1) is 7.11 Å². The van der Waals surface area contributed by atoms with Gasteiger partial charge in [-0.3, -0.25) is 0 Å². The predicted octanol–water partition coefficient (Wildman–Crippen LogP) is 3.89. The number of carbonyl (C=O) groups is 1. The highest BCUT2D eigenvalue weighted by Crippen LogP contribution is 2.41. The van der Waals surface area contributed by atoms with Crippen LogP contribution in [0, 0.1) is 6.92 Å². The zero-order chi connectivity index (χ0) is 19.4. The van der Waals surface area contributed by atoms with Crippen molar-refractivity contribution >= 4 is 17.7 Å². The van der Waals surface area contributed by atoms with Gasteiger partial charge >= 0.3 is 6.09 Å². The molecule has 1 aliphatic heterocycles. The zero-order valence-electron chi connectivity index (χ0n) is 15.7. The van der Waals surface area contributed by atoms with E-state index in [1.54, 1.807) is 12.0 Å². The molecular weight excluding hydrogens is 364 g/mol. The summed E-state index contributed by atoms with van der Waals surface area (Å²) in [5.74, 6) is 1.02. The molecule has 144 valence electrons. The van der Waals surface area contributed by atoms with Crippen LogP contribution in [0.2, 0.25) is 5.02 Å². The Bertz CT molecular complexity index is 805. The first kappa shape index (κ1) is 19.5. The summed E-state index contributed by atoms with van der Waals surface area (Å²) in [4.78, 5) is 14.0. The molecule has 1 saturated heterocycles. The van der Waals surface area contributed by atoms with Crippen LogP contribution in [-0.4, -0.2) is 37.7 Å². The predicted molar refractivity (Wildman–Crippen MR) is 106 cm³/mol. The Kier molecular flexibility index (Phi) is 6.24. The summed E-state index contributed by atoms with van der Waals surface area (Å²) in [6.07, 6.45) is 0.405. The van der Waals surface area contributed by atoms with Gasteiger partial charge < -0.3 is 20.1 Å². The Morgan fingerprint density at radius 2 is 2.00 bits per heavy atom. The van der Waals surface area contributed by atoms with Crippen molar-refractivity contribution in [3.05, 3.63) is 63.7 Å². The summed E-state index contributed by atoms with van der Waals surface area (Å²) in [6, 6.07) is 11.6. The zero-order valence-corrected chi connectivity index (χ0v) is 16.5. The number of ether oxygens (including phenoxy) is 2. The highest BCUT2D eigenvalue weighted by Gasteiger charge is 2.36. The maximum Gasteiger partial charge on any atom is 0.410 e. The molecule has 0 saturated carbocycles. The maximum absolute atomic E-state index is 12.3. The molecule has 3 rings (SSSR count). The van der Waals surface area contributed by atoms with Crippen molar-refractivity contribution in [2.24, 2.45) is 5.73 Å². The van der Waals surface area contributed by atoms with Crippen molar-refractivity contribution in [1.29, 1.82) is 0 Å². The number of carbonyl (C=O) groups excluding carboxylic acids is 1. The fourth-order valence-corrected chi connectivity index (χ4v) is 3.73. The maximum atomic E-state index is 12.3. The van der Waals surface area contributed by atoms with Crippen molar-refractivity contribution in [3.63, 3.8) is 0 Å². The summed E-state index contributed by atoms with van der Waals surface area (Å²) in [6.45, 7) is 3.97. The summed E-state index contributed by atoms with van der Waals surface area (Å²) < 4.78 is 11.1. The van der Waals surface area contributed by atoms with Gasteiger partial charge in [0, 0.05) is 29.6 Å². The molecule has 2 aromatic rings. The summed E-state index contributed by atoms with van der Waals surface area (Å²) in [5.41, 5.74) is 9.77. The quantitative estimate of drug-likeness (QED) is 0.815. The van der Waals surface area contributed by atoms with E-state index >= 15 is 0 Å². The van der Waals surface area contributed by atoms with Crippen LogP contribution in [0.25, 0.3) is 0 Å². The van der Waals surface area contributed by atoms with E-state index in [1.807, 2.05) is 43.3 Å². The smallest absolute Gasteiger partial charge is 0.410 e. The monoisotopic (exact) mass is 388 g/mol. The average Bonchev–Trinajstić information content (AvgIpc) is 2.64. The third-order valence-electron chi connectivity index (χ3n) is 4.97. The summed E-state index contributed by atoms with van der Waals surface area (Å²) in [5, 5.41) is 0.708. The molecule has 0 unspecified atom stereocenters. The second-order valence-electron chi connectivity index (χ2n) is 6.77. The standard InChI is InChI=1S/C21H25ClN2O3/c1-14-18(22)10-16(8-9-23)20(26-2)19(14)17-11-24(12-17)21(25)27-13-15-6-4-3-5-7-15/h3-7,10,17H,8-9,11-13,23H2,1-2H3. The van der Waals surface area contributed by atoms with Gasteiger partial charge in [-0.05, 0) is 42.6 Å². The third kappa shape index (κ3) is 4.20. The molecule has 2 N–H and O–H groups in total. The van der Waals surface area contributed by atoms with Gasteiger partial charge in [-0.2, -0.15) is 0 Å². The molecule has 5 nitrogen and oxygen atoms in total. The number of rotatable bonds is 6. The minimum atomic E-state index is -0.295. The van der Waals surface area contributed by atoms with Crippen molar-refractivity contribution in [1.82, 2.24) is 4.90 Å². The van der Waals surface area contributed by atoms with E-state index in [-0.39, 0.29) is 18.6 Å². The van der Waals surface area contributed by atoms with E-state index in [1.165, 1.54) is 0 Å². The minimum Gasteiger partial charge on any atom is -0.496 e. The lowest BCUT2D eigenvalue weighted by Gasteiger charge is -2.40. The average molecular weight is 389 g/mol. The normalized spacial score (nSPS) is 14.0. The van der Waals surface area contributed by atoms with Crippen LogP contribution in [0.4, 0.5) is 4.79 Å². The molecule has 1 fully saturated rings. The molecule has 0 radical (unpaired) electrons. The van der Waals surface area contributed by atoms with Crippen molar-refractivity contribution < 1.29 is 14.3 Å². The Morgan fingerprint density at radius 1 is 1.30 bits per heavy atom. The number of nitrogens with two attached hydrogens (primary N) is 1. The number of nitrogens with zero attached hydrogens (tertiary/aromatic N) is 1. The molecule has 6 heteroatoms. The van der Waals surface area contributed by atoms with Gasteiger partial charge in [0.25, 0.3) is 0 Å².